The van der Waals surface area contributed by atoms with E-state index in [1.54, 1.807) is 20.3 Å². The summed E-state index contributed by atoms with van der Waals surface area (Å²) >= 11 is 0. The van der Waals surface area contributed by atoms with Gasteiger partial charge in [0.1, 0.15) is 0 Å². The number of fused-ring (bicyclic) bond motifs is 1. The average molecular weight is 410 g/mol. The summed E-state index contributed by atoms with van der Waals surface area (Å²) in [4.78, 5) is 15.0. The van der Waals surface area contributed by atoms with Crippen LogP contribution in [-0.2, 0) is 11.2 Å². The molecule has 2 aromatic carbocycles. The Balaban J connectivity index is 1.84. The summed E-state index contributed by atoms with van der Waals surface area (Å²) in [6.45, 7) is 3.12. The van der Waals surface area contributed by atoms with Crippen LogP contribution in [0.3, 0.4) is 0 Å². The maximum Gasteiger partial charge on any atom is 0.258 e. The lowest BCUT2D eigenvalue weighted by atomic mass is 10.0. The zero-order valence-corrected chi connectivity index (χ0v) is 18.5. The van der Waals surface area contributed by atoms with Crippen molar-refractivity contribution in [1.29, 1.82) is 0 Å². The Labute approximate surface area is 178 Å². The van der Waals surface area contributed by atoms with Gasteiger partial charge in [0.15, 0.2) is 11.5 Å². The number of allylic oxidation sites excluding steroid dienone is 1. The second kappa shape index (κ2) is 9.67. The minimum atomic E-state index is -0.120. The van der Waals surface area contributed by atoms with E-state index in [1.807, 2.05) is 13.0 Å². The molecule has 0 radical (unpaired) electrons. The first-order valence-electron chi connectivity index (χ1n) is 10.3. The number of benzene rings is 2. The van der Waals surface area contributed by atoms with E-state index in [4.69, 9.17) is 9.47 Å². The van der Waals surface area contributed by atoms with E-state index < -0.39 is 0 Å². The summed E-state index contributed by atoms with van der Waals surface area (Å²) in [6, 6.07) is 12.1. The monoisotopic (exact) mass is 409 g/mol. The van der Waals surface area contributed by atoms with Crippen molar-refractivity contribution < 1.29 is 14.3 Å². The van der Waals surface area contributed by atoms with Crippen LogP contribution in [0.5, 0.6) is 11.5 Å². The van der Waals surface area contributed by atoms with Crippen molar-refractivity contribution in [2.75, 3.05) is 45.5 Å². The number of rotatable bonds is 9. The van der Waals surface area contributed by atoms with Gasteiger partial charge < -0.3 is 25.0 Å². The first-order valence-corrected chi connectivity index (χ1v) is 10.3. The third kappa shape index (κ3) is 4.76. The molecule has 0 fully saturated rings. The summed E-state index contributed by atoms with van der Waals surface area (Å²) in [5, 5.41) is 6.39. The maximum absolute atomic E-state index is 12.8. The number of amides is 1. The molecule has 30 heavy (non-hydrogen) atoms. The van der Waals surface area contributed by atoms with E-state index in [0.29, 0.717) is 23.5 Å². The highest BCUT2D eigenvalue weighted by molar-refractivity contribution is 6.32. The fourth-order valence-corrected chi connectivity index (χ4v) is 3.65. The van der Waals surface area contributed by atoms with E-state index in [0.717, 1.165) is 42.0 Å². The van der Waals surface area contributed by atoms with Crippen molar-refractivity contribution in [1.82, 2.24) is 4.90 Å². The number of hydrogen-bond donors (Lipinski definition) is 2. The molecule has 3 rings (SSSR count). The molecular weight excluding hydrogens is 378 g/mol. The molecule has 6 heteroatoms. The van der Waals surface area contributed by atoms with E-state index in [9.17, 15) is 4.79 Å². The predicted octanol–water partition coefficient (Wildman–Crippen LogP) is 4.38. The number of methoxy groups -OCH3 is 2. The molecule has 1 aliphatic rings. The molecule has 0 bridgehead atoms. The Kier molecular flexibility index (Phi) is 7.00. The van der Waals surface area contributed by atoms with Crippen molar-refractivity contribution in [3.8, 4) is 11.5 Å². The summed E-state index contributed by atoms with van der Waals surface area (Å²) < 4.78 is 10.8. The van der Waals surface area contributed by atoms with Gasteiger partial charge in [0, 0.05) is 23.0 Å². The van der Waals surface area contributed by atoms with E-state index in [-0.39, 0.29) is 5.91 Å². The molecule has 0 aromatic heterocycles. The van der Waals surface area contributed by atoms with Crippen molar-refractivity contribution >= 4 is 22.9 Å². The third-order valence-electron chi connectivity index (χ3n) is 5.24. The van der Waals surface area contributed by atoms with Gasteiger partial charge in [-0.1, -0.05) is 19.1 Å². The second-order valence-corrected chi connectivity index (χ2v) is 7.64. The molecule has 0 saturated heterocycles. The number of anilines is 2. The number of ether oxygens (including phenoxy) is 2. The number of carbonyl (C=O) groups is 1. The van der Waals surface area contributed by atoms with Crippen LogP contribution >= 0.6 is 0 Å². The Bertz CT molecular complexity index is 933. The Morgan fingerprint density at radius 2 is 1.73 bits per heavy atom. The third-order valence-corrected chi connectivity index (χ3v) is 5.24. The topological polar surface area (TPSA) is 62.8 Å². The SMILES string of the molecule is CC/C(Nc1ccc(CCCN(C)C)cc1)=C1/C(=O)Nc2cc(OC)c(OC)cc21. The smallest absolute Gasteiger partial charge is 0.258 e. The van der Waals surface area contributed by atoms with Gasteiger partial charge in [-0.25, -0.2) is 0 Å². The van der Waals surface area contributed by atoms with Gasteiger partial charge in [0.2, 0.25) is 0 Å². The minimum Gasteiger partial charge on any atom is -0.493 e. The molecule has 0 unspecified atom stereocenters. The molecule has 1 amide bonds. The van der Waals surface area contributed by atoms with Crippen LogP contribution in [0.2, 0.25) is 0 Å². The highest BCUT2D eigenvalue weighted by Gasteiger charge is 2.29. The second-order valence-electron chi connectivity index (χ2n) is 7.64. The van der Waals surface area contributed by atoms with E-state index >= 15 is 0 Å². The normalized spacial score (nSPS) is 14.4. The number of aryl methyl sites for hydroxylation is 1. The number of nitrogens with zero attached hydrogens (tertiary/aromatic N) is 1. The van der Waals surface area contributed by atoms with Crippen molar-refractivity contribution in [3.63, 3.8) is 0 Å². The molecular formula is C24H31N3O3. The molecule has 0 spiro atoms. The largest absolute Gasteiger partial charge is 0.493 e. The van der Waals surface area contributed by atoms with Gasteiger partial charge in [-0.2, -0.15) is 0 Å². The van der Waals surface area contributed by atoms with E-state index in [1.165, 1.54) is 5.56 Å². The summed E-state index contributed by atoms with van der Waals surface area (Å²) in [5.74, 6) is 1.07. The molecule has 6 nitrogen and oxygen atoms in total. The van der Waals surface area contributed by atoms with Crippen LogP contribution in [0.25, 0.3) is 5.57 Å². The standard InChI is InChI=1S/C24H31N3O3/c1-6-19(25-17-11-9-16(10-12-17)8-7-13-27(2)3)23-18-14-21(29-4)22(30-5)15-20(18)26-24(23)28/h9-12,14-15,25H,6-8,13H2,1-5H3,(H,26,28)/b23-19-. The molecule has 2 N–H and O–H groups in total. The van der Waals surface area contributed by atoms with Gasteiger partial charge in [-0.05, 0) is 63.7 Å². The van der Waals surface area contributed by atoms with Crippen LogP contribution < -0.4 is 20.1 Å². The zero-order chi connectivity index (χ0) is 21.7. The average Bonchev–Trinajstić information content (AvgIpc) is 3.06. The van der Waals surface area contributed by atoms with Crippen molar-refractivity contribution in [3.05, 3.63) is 53.2 Å². The van der Waals surface area contributed by atoms with Gasteiger partial charge in [0.25, 0.3) is 5.91 Å². The van der Waals surface area contributed by atoms with Gasteiger partial charge in [-0.15, -0.1) is 0 Å². The van der Waals surface area contributed by atoms with Gasteiger partial charge in [0.05, 0.1) is 25.5 Å². The van der Waals surface area contributed by atoms with Crippen LogP contribution in [0.15, 0.2) is 42.1 Å². The number of hydrogen-bond acceptors (Lipinski definition) is 5. The Hall–Kier alpha value is -2.99. The summed E-state index contributed by atoms with van der Waals surface area (Å²) in [5.41, 5.74) is 5.35. The fourth-order valence-electron chi connectivity index (χ4n) is 3.65. The maximum atomic E-state index is 12.8. The lowest BCUT2D eigenvalue weighted by Crippen LogP contribution is -2.13. The van der Waals surface area contributed by atoms with Crippen LogP contribution in [-0.4, -0.2) is 45.7 Å². The fraction of sp³-hybridized carbons (Fsp3) is 0.375. The van der Waals surface area contributed by atoms with Crippen LogP contribution in [0.1, 0.15) is 30.9 Å². The highest BCUT2D eigenvalue weighted by Crippen LogP contribution is 2.42. The quantitative estimate of drug-likeness (QED) is 0.602. The lowest BCUT2D eigenvalue weighted by Gasteiger charge is -2.14. The molecule has 0 saturated carbocycles. The number of nitrogens with one attached hydrogen (secondary N) is 2. The highest BCUT2D eigenvalue weighted by atomic mass is 16.5. The Morgan fingerprint density at radius 1 is 1.07 bits per heavy atom. The number of carbonyl (C=O) groups excluding carboxylic acids is 1. The predicted molar refractivity (Wildman–Crippen MR) is 122 cm³/mol. The summed E-state index contributed by atoms with van der Waals surface area (Å²) in [6.07, 6.45) is 2.88. The van der Waals surface area contributed by atoms with Gasteiger partial charge >= 0.3 is 0 Å². The first kappa shape index (κ1) is 21.7. The molecule has 2 aromatic rings. The molecule has 0 aliphatic carbocycles. The zero-order valence-electron chi connectivity index (χ0n) is 18.5. The Morgan fingerprint density at radius 3 is 2.33 bits per heavy atom. The van der Waals surface area contributed by atoms with E-state index in [2.05, 4.69) is 53.9 Å². The van der Waals surface area contributed by atoms with Crippen molar-refractivity contribution in [2.45, 2.75) is 26.2 Å². The minimum absolute atomic E-state index is 0.120. The molecule has 160 valence electrons. The lowest BCUT2D eigenvalue weighted by molar-refractivity contribution is -0.110. The summed E-state index contributed by atoms with van der Waals surface area (Å²) in [7, 11) is 7.36. The van der Waals surface area contributed by atoms with Crippen molar-refractivity contribution in [2.24, 2.45) is 0 Å². The van der Waals surface area contributed by atoms with Crippen LogP contribution in [0.4, 0.5) is 11.4 Å². The molecule has 0 atom stereocenters. The first-order chi connectivity index (χ1) is 14.5. The van der Waals surface area contributed by atoms with Gasteiger partial charge in [-0.3, -0.25) is 4.79 Å². The van der Waals surface area contributed by atoms with Crippen LogP contribution in [0, 0.1) is 0 Å². The molecule has 1 aliphatic heterocycles. The molecule has 1 heterocycles.